The van der Waals surface area contributed by atoms with Gasteiger partial charge in [-0.1, -0.05) is 0 Å². The van der Waals surface area contributed by atoms with Crippen molar-refractivity contribution in [2.24, 2.45) is 0 Å². The van der Waals surface area contributed by atoms with E-state index in [9.17, 15) is 17.3 Å². The van der Waals surface area contributed by atoms with Crippen LogP contribution in [0.1, 0.15) is 0 Å². The molecule has 0 rings (SSSR count). The van der Waals surface area contributed by atoms with Crippen molar-refractivity contribution in [1.82, 2.24) is 0 Å². The molecule has 0 N–H and O–H groups in total. The lowest BCUT2D eigenvalue weighted by Gasteiger charge is -2.14. The molecule has 0 radical (unpaired) electrons. The van der Waals surface area contributed by atoms with E-state index in [0.717, 1.165) is 16.1 Å². The van der Waals surface area contributed by atoms with Crippen molar-refractivity contribution in [3.05, 3.63) is 0 Å². The van der Waals surface area contributed by atoms with E-state index < -0.39 is 7.25 Å². The molecule has 0 bridgehead atoms. The van der Waals surface area contributed by atoms with Crippen molar-refractivity contribution < 1.29 is 31.3 Å². The van der Waals surface area contributed by atoms with E-state index in [-0.39, 0.29) is 0 Å². The van der Waals surface area contributed by atoms with Crippen LogP contribution < -0.4 is 5.11 Å². The van der Waals surface area contributed by atoms with Gasteiger partial charge in [-0.3, -0.25) is 0 Å². The number of hydrogen-bond donors (Lipinski definition) is 0. The minimum atomic E-state index is -6.00. The van der Waals surface area contributed by atoms with Gasteiger partial charge in [0.1, 0.15) is 0 Å². The molecule has 0 spiro atoms. The van der Waals surface area contributed by atoms with E-state index in [2.05, 4.69) is 56.4 Å². The highest BCUT2D eigenvalue weighted by Gasteiger charge is 2.20. The van der Waals surface area contributed by atoms with Crippen molar-refractivity contribution in [2.75, 3.05) is 63.5 Å². The summed E-state index contributed by atoms with van der Waals surface area (Å²) in [6.45, 7) is 0. The fraction of sp³-hybridized carbons (Fsp3) is 1.00. The average molecular weight is 266 g/mol. The third-order valence-corrected chi connectivity index (χ3v) is 0. The highest BCUT2D eigenvalue weighted by Crippen LogP contribution is 2.06. The topological polar surface area (TPSA) is 23.1 Å². The second kappa shape index (κ2) is 10.8. The second-order valence-corrected chi connectivity index (χ2v) is 5.86. The molecular weight excluding hydrogens is 239 g/mol. The Labute approximate surface area is 103 Å². The molecule has 0 aromatic heterocycles. The maximum atomic E-state index is 9.75. The van der Waals surface area contributed by atoms with Gasteiger partial charge in [-0.2, -0.15) is 7.11 Å². The minimum absolute atomic E-state index is 0.750. The number of halogens is 4. The Kier molecular flexibility index (Phi) is 16.2. The molecule has 0 saturated heterocycles. The highest BCUT2D eigenvalue weighted by molar-refractivity contribution is 6.50. The van der Waals surface area contributed by atoms with Gasteiger partial charge >= 0.3 is 7.25 Å². The first-order chi connectivity index (χ1) is 7.00. The Bertz CT molecular complexity index is 106. The molecule has 3 nitrogen and oxygen atoms in total. The summed E-state index contributed by atoms with van der Waals surface area (Å²) in [6, 6.07) is 0. The fourth-order valence-electron chi connectivity index (χ4n) is 0. The standard InChI is InChI=1S/2C4H12N.CH3O.BF4/c2*1-5(2,3)4;1-2;2-1(3,4)5/h2*1-4H3;1H3;/q2*+1;2*-1. The number of rotatable bonds is 0. The Morgan fingerprint density at radius 3 is 0.588 bits per heavy atom. The lowest BCUT2D eigenvalue weighted by Crippen LogP contribution is -2.27. The van der Waals surface area contributed by atoms with Crippen LogP contribution in [0.3, 0.4) is 0 Å². The summed E-state index contributed by atoms with van der Waals surface area (Å²) in [5, 5.41) is 8.25. The molecule has 0 unspecified atom stereocenters. The molecule has 0 aliphatic carbocycles. The largest absolute Gasteiger partial charge is 0.857 e. The first kappa shape index (κ1) is 25.5. The zero-order valence-corrected chi connectivity index (χ0v) is 12.4. The van der Waals surface area contributed by atoms with E-state index >= 15 is 0 Å². The third-order valence-electron chi connectivity index (χ3n) is 0. The van der Waals surface area contributed by atoms with Crippen LogP contribution in [-0.2, 0) is 0 Å². The number of hydrogen-bond acceptors (Lipinski definition) is 1. The lowest BCUT2D eigenvalue weighted by atomic mass is 10.3. The summed E-state index contributed by atoms with van der Waals surface area (Å²) in [5.41, 5.74) is 0. The Hall–Kier alpha value is -0.335. The Morgan fingerprint density at radius 1 is 0.588 bits per heavy atom. The van der Waals surface area contributed by atoms with Crippen molar-refractivity contribution in [1.29, 1.82) is 0 Å². The molecule has 0 aromatic rings. The van der Waals surface area contributed by atoms with Gasteiger partial charge in [0.2, 0.25) is 0 Å². The summed E-state index contributed by atoms with van der Waals surface area (Å²) in [6.07, 6.45) is 0. The molecule has 0 aliphatic rings. The molecule has 0 atom stereocenters. The van der Waals surface area contributed by atoms with Crippen molar-refractivity contribution in [2.45, 2.75) is 0 Å². The first-order valence-corrected chi connectivity index (χ1v) is 4.86. The van der Waals surface area contributed by atoms with E-state index in [1.54, 1.807) is 0 Å². The zero-order valence-electron chi connectivity index (χ0n) is 12.4. The van der Waals surface area contributed by atoms with Gasteiger partial charge in [0.25, 0.3) is 0 Å². The van der Waals surface area contributed by atoms with E-state index in [0.29, 0.717) is 0 Å². The van der Waals surface area contributed by atoms with E-state index in [1.807, 2.05) is 0 Å². The van der Waals surface area contributed by atoms with Gasteiger partial charge in [0.15, 0.2) is 0 Å². The van der Waals surface area contributed by atoms with Gasteiger partial charge in [0, 0.05) is 0 Å². The SMILES string of the molecule is C[N+](C)(C)C.C[N+](C)(C)C.C[O-].F[B-](F)(F)F. The van der Waals surface area contributed by atoms with Crippen LogP contribution in [0.5, 0.6) is 0 Å². The molecule has 0 aliphatic heterocycles. The van der Waals surface area contributed by atoms with Crippen LogP contribution in [0.15, 0.2) is 0 Å². The van der Waals surface area contributed by atoms with Gasteiger partial charge < -0.3 is 31.3 Å². The van der Waals surface area contributed by atoms with Crippen LogP contribution in [0.4, 0.5) is 17.3 Å². The maximum Gasteiger partial charge on any atom is 0.673 e. The quantitative estimate of drug-likeness (QED) is 0.363. The fourth-order valence-corrected chi connectivity index (χ4v) is 0. The summed E-state index contributed by atoms with van der Waals surface area (Å²) < 4.78 is 41.0. The van der Waals surface area contributed by atoms with Crippen molar-refractivity contribution in [3.63, 3.8) is 0 Å². The van der Waals surface area contributed by atoms with Gasteiger partial charge in [-0.15, -0.1) is 0 Å². The molecule has 110 valence electrons. The molecule has 0 fully saturated rings. The van der Waals surface area contributed by atoms with Crippen LogP contribution >= 0.6 is 0 Å². The minimum Gasteiger partial charge on any atom is -0.857 e. The number of nitrogens with zero attached hydrogens (tertiary/aromatic N) is 2. The first-order valence-electron chi connectivity index (χ1n) is 4.86. The second-order valence-electron chi connectivity index (χ2n) is 5.86. The number of quaternary nitrogens is 2. The van der Waals surface area contributed by atoms with Crippen LogP contribution in [0.2, 0.25) is 0 Å². The molecular formula is C9H27BF4N2O. The monoisotopic (exact) mass is 266 g/mol. The summed E-state index contributed by atoms with van der Waals surface area (Å²) in [5.74, 6) is 0. The van der Waals surface area contributed by atoms with Crippen molar-refractivity contribution >= 4 is 7.25 Å². The molecule has 0 heterocycles. The average Bonchev–Trinajstić information content (AvgIpc) is 1.77. The normalized spacial score (nSPS) is 10.9. The highest BCUT2D eigenvalue weighted by atomic mass is 19.5. The van der Waals surface area contributed by atoms with E-state index in [1.165, 1.54) is 0 Å². The van der Waals surface area contributed by atoms with Crippen LogP contribution in [0.25, 0.3) is 0 Å². The summed E-state index contributed by atoms with van der Waals surface area (Å²) in [7, 11) is 11.8. The zero-order chi connectivity index (χ0) is 15.5. The Balaban J connectivity index is -0.0000000693. The predicted molar refractivity (Wildman–Crippen MR) is 64.0 cm³/mol. The van der Waals surface area contributed by atoms with Crippen molar-refractivity contribution in [3.8, 4) is 0 Å². The predicted octanol–water partition coefficient (Wildman–Crippen LogP) is 0.921. The van der Waals surface area contributed by atoms with Gasteiger partial charge in [-0.25, -0.2) is 0 Å². The molecule has 8 heteroatoms. The third kappa shape index (κ3) is 26100. The lowest BCUT2D eigenvalue weighted by molar-refractivity contribution is -0.849. The van der Waals surface area contributed by atoms with Gasteiger partial charge in [0.05, 0.1) is 56.4 Å². The van der Waals surface area contributed by atoms with Crippen LogP contribution in [-0.4, -0.2) is 79.7 Å². The summed E-state index contributed by atoms with van der Waals surface area (Å²) in [4.78, 5) is 0. The Morgan fingerprint density at radius 2 is 0.588 bits per heavy atom. The molecule has 0 aromatic carbocycles. The maximum absolute atomic E-state index is 9.75. The van der Waals surface area contributed by atoms with Crippen LogP contribution in [0, 0.1) is 0 Å². The smallest absolute Gasteiger partial charge is 0.673 e. The van der Waals surface area contributed by atoms with E-state index in [4.69, 9.17) is 5.11 Å². The molecule has 0 saturated carbocycles. The summed E-state index contributed by atoms with van der Waals surface area (Å²) >= 11 is 0. The molecule has 0 amide bonds. The van der Waals surface area contributed by atoms with Gasteiger partial charge in [-0.05, 0) is 0 Å². The molecule has 17 heavy (non-hydrogen) atoms.